The standard InChI is InChI=1S/C14H22N2O3/c1-4-16(9-5-8-15(2)3)14(19)11-6-7-12(17)13(18)10-11/h6-7,10,17-18H,4-5,8-9H2,1-3H3. The molecule has 0 aliphatic carbocycles. The number of carbonyl (C=O) groups is 1. The van der Waals surface area contributed by atoms with Crippen LogP contribution >= 0.6 is 0 Å². The van der Waals surface area contributed by atoms with E-state index < -0.39 is 0 Å². The van der Waals surface area contributed by atoms with Crippen LogP contribution < -0.4 is 0 Å². The van der Waals surface area contributed by atoms with E-state index in [0.29, 0.717) is 18.7 Å². The molecule has 0 fully saturated rings. The Balaban J connectivity index is 2.69. The lowest BCUT2D eigenvalue weighted by Crippen LogP contribution is -2.33. The minimum Gasteiger partial charge on any atom is -0.504 e. The van der Waals surface area contributed by atoms with Crippen LogP contribution in [0.5, 0.6) is 11.5 Å². The lowest BCUT2D eigenvalue weighted by atomic mass is 10.1. The highest BCUT2D eigenvalue weighted by Gasteiger charge is 2.15. The summed E-state index contributed by atoms with van der Waals surface area (Å²) in [5.41, 5.74) is 0.391. The van der Waals surface area contributed by atoms with Crippen molar-refractivity contribution in [3.05, 3.63) is 23.8 Å². The van der Waals surface area contributed by atoms with Crippen LogP contribution in [0.4, 0.5) is 0 Å². The first-order valence-corrected chi connectivity index (χ1v) is 6.41. The van der Waals surface area contributed by atoms with Crippen molar-refractivity contribution < 1.29 is 15.0 Å². The lowest BCUT2D eigenvalue weighted by Gasteiger charge is -2.22. The van der Waals surface area contributed by atoms with Crippen molar-refractivity contribution >= 4 is 5.91 Å². The molecule has 0 saturated carbocycles. The lowest BCUT2D eigenvalue weighted by molar-refractivity contribution is 0.0759. The van der Waals surface area contributed by atoms with Gasteiger partial charge in [-0.1, -0.05) is 0 Å². The molecule has 0 aliphatic heterocycles. The van der Waals surface area contributed by atoms with E-state index in [-0.39, 0.29) is 17.4 Å². The smallest absolute Gasteiger partial charge is 0.253 e. The second kappa shape index (κ2) is 6.99. The Morgan fingerprint density at radius 1 is 1.16 bits per heavy atom. The van der Waals surface area contributed by atoms with E-state index in [9.17, 15) is 15.0 Å². The molecule has 1 aromatic carbocycles. The molecular weight excluding hydrogens is 244 g/mol. The number of hydrogen-bond donors (Lipinski definition) is 2. The molecular formula is C14H22N2O3. The summed E-state index contributed by atoms with van der Waals surface area (Å²) in [7, 11) is 3.99. The van der Waals surface area contributed by atoms with Crippen LogP contribution in [-0.4, -0.2) is 59.6 Å². The van der Waals surface area contributed by atoms with Crippen LogP contribution in [0, 0.1) is 0 Å². The summed E-state index contributed by atoms with van der Waals surface area (Å²) in [6.45, 7) is 4.14. The molecule has 5 nitrogen and oxygen atoms in total. The van der Waals surface area contributed by atoms with Crippen molar-refractivity contribution in [1.29, 1.82) is 0 Å². The molecule has 0 bridgehead atoms. The van der Waals surface area contributed by atoms with Gasteiger partial charge in [0.2, 0.25) is 0 Å². The van der Waals surface area contributed by atoms with Crippen LogP contribution in [0.15, 0.2) is 18.2 Å². The molecule has 0 heterocycles. The zero-order valence-electron chi connectivity index (χ0n) is 11.8. The first-order valence-electron chi connectivity index (χ1n) is 6.41. The Kier molecular flexibility index (Phi) is 5.63. The molecule has 0 aliphatic rings. The predicted molar refractivity (Wildman–Crippen MR) is 74.5 cm³/mol. The first kappa shape index (κ1) is 15.3. The number of phenols is 2. The molecule has 0 radical (unpaired) electrons. The highest BCUT2D eigenvalue weighted by molar-refractivity contribution is 5.94. The van der Waals surface area contributed by atoms with Gasteiger partial charge in [-0.25, -0.2) is 0 Å². The molecule has 19 heavy (non-hydrogen) atoms. The maximum absolute atomic E-state index is 12.2. The number of aromatic hydroxyl groups is 2. The number of amides is 1. The molecule has 0 unspecified atom stereocenters. The van der Waals surface area contributed by atoms with E-state index >= 15 is 0 Å². The highest BCUT2D eigenvalue weighted by Crippen LogP contribution is 2.25. The van der Waals surface area contributed by atoms with Crippen LogP contribution in [0.2, 0.25) is 0 Å². The highest BCUT2D eigenvalue weighted by atomic mass is 16.3. The average molecular weight is 266 g/mol. The summed E-state index contributed by atoms with van der Waals surface area (Å²) < 4.78 is 0. The quantitative estimate of drug-likeness (QED) is 0.766. The van der Waals surface area contributed by atoms with Gasteiger partial charge in [0.05, 0.1) is 0 Å². The minimum atomic E-state index is -0.268. The molecule has 1 rings (SSSR count). The molecule has 0 atom stereocenters. The number of phenolic OH excluding ortho intramolecular Hbond substituents is 2. The van der Waals surface area contributed by atoms with Crippen LogP contribution in [-0.2, 0) is 0 Å². The monoisotopic (exact) mass is 266 g/mol. The van der Waals surface area contributed by atoms with Gasteiger partial charge in [-0.05, 0) is 52.2 Å². The maximum Gasteiger partial charge on any atom is 0.253 e. The largest absolute Gasteiger partial charge is 0.504 e. The van der Waals surface area contributed by atoms with Crippen LogP contribution in [0.1, 0.15) is 23.7 Å². The Bertz CT molecular complexity index is 433. The van der Waals surface area contributed by atoms with Crippen molar-refractivity contribution in [2.45, 2.75) is 13.3 Å². The van der Waals surface area contributed by atoms with Gasteiger partial charge in [0, 0.05) is 18.7 Å². The Morgan fingerprint density at radius 3 is 2.37 bits per heavy atom. The maximum atomic E-state index is 12.2. The van der Waals surface area contributed by atoms with E-state index in [1.54, 1.807) is 4.90 Å². The van der Waals surface area contributed by atoms with E-state index in [4.69, 9.17) is 0 Å². The second-order valence-electron chi connectivity index (χ2n) is 4.75. The second-order valence-corrected chi connectivity index (χ2v) is 4.75. The van der Waals surface area contributed by atoms with Gasteiger partial charge in [-0.2, -0.15) is 0 Å². The Labute approximate surface area is 114 Å². The Hall–Kier alpha value is -1.75. The summed E-state index contributed by atoms with van der Waals surface area (Å²) in [6, 6.07) is 4.15. The SMILES string of the molecule is CCN(CCCN(C)C)C(=O)c1ccc(O)c(O)c1. The van der Waals surface area contributed by atoms with Crippen molar-refractivity contribution in [3.63, 3.8) is 0 Å². The number of hydrogen-bond acceptors (Lipinski definition) is 4. The predicted octanol–water partition coefficient (Wildman–Crippen LogP) is 1.51. The molecule has 2 N–H and O–H groups in total. The van der Waals surface area contributed by atoms with Gasteiger partial charge in [0.1, 0.15) is 0 Å². The summed E-state index contributed by atoms with van der Waals surface area (Å²) in [5, 5.41) is 18.7. The summed E-state index contributed by atoms with van der Waals surface area (Å²) in [6.07, 6.45) is 0.899. The van der Waals surface area contributed by atoms with E-state index in [1.807, 2.05) is 21.0 Å². The van der Waals surface area contributed by atoms with Crippen molar-refractivity contribution in [2.24, 2.45) is 0 Å². The van der Waals surface area contributed by atoms with Crippen molar-refractivity contribution in [3.8, 4) is 11.5 Å². The fraction of sp³-hybridized carbons (Fsp3) is 0.500. The first-order chi connectivity index (χ1) is 8.95. The molecule has 0 spiro atoms. The van der Waals surface area contributed by atoms with Gasteiger partial charge in [-0.15, -0.1) is 0 Å². The third kappa shape index (κ3) is 4.44. The molecule has 1 amide bonds. The van der Waals surface area contributed by atoms with E-state index in [1.165, 1.54) is 18.2 Å². The number of carbonyl (C=O) groups excluding carboxylic acids is 1. The minimum absolute atomic E-state index is 0.128. The van der Waals surface area contributed by atoms with Crippen molar-refractivity contribution in [1.82, 2.24) is 9.80 Å². The van der Waals surface area contributed by atoms with Gasteiger partial charge < -0.3 is 20.0 Å². The fourth-order valence-electron chi connectivity index (χ4n) is 1.82. The number of benzene rings is 1. The third-order valence-electron chi connectivity index (χ3n) is 2.92. The van der Waals surface area contributed by atoms with Crippen LogP contribution in [0.25, 0.3) is 0 Å². The number of rotatable bonds is 6. The van der Waals surface area contributed by atoms with Gasteiger partial charge in [-0.3, -0.25) is 4.79 Å². The molecule has 5 heteroatoms. The normalized spacial score (nSPS) is 10.7. The Morgan fingerprint density at radius 2 is 1.84 bits per heavy atom. The average Bonchev–Trinajstić information content (AvgIpc) is 2.37. The van der Waals surface area contributed by atoms with Gasteiger partial charge in [0.25, 0.3) is 5.91 Å². The van der Waals surface area contributed by atoms with Gasteiger partial charge in [0.15, 0.2) is 11.5 Å². The topological polar surface area (TPSA) is 64.0 Å². The van der Waals surface area contributed by atoms with Crippen molar-refractivity contribution in [2.75, 3.05) is 33.7 Å². The molecule has 1 aromatic rings. The summed E-state index contributed by atoms with van der Waals surface area (Å²) >= 11 is 0. The van der Waals surface area contributed by atoms with Gasteiger partial charge >= 0.3 is 0 Å². The summed E-state index contributed by atoms with van der Waals surface area (Å²) in [4.78, 5) is 16.0. The molecule has 0 saturated heterocycles. The molecule has 106 valence electrons. The zero-order chi connectivity index (χ0) is 14.4. The van der Waals surface area contributed by atoms with E-state index in [2.05, 4.69) is 4.90 Å². The fourth-order valence-corrected chi connectivity index (χ4v) is 1.82. The van der Waals surface area contributed by atoms with Crippen LogP contribution in [0.3, 0.4) is 0 Å². The number of nitrogens with zero attached hydrogens (tertiary/aromatic N) is 2. The van der Waals surface area contributed by atoms with E-state index in [0.717, 1.165) is 13.0 Å². The molecule has 0 aromatic heterocycles. The summed E-state index contributed by atoms with van der Waals surface area (Å²) in [5.74, 6) is -0.612. The zero-order valence-corrected chi connectivity index (χ0v) is 11.8. The third-order valence-corrected chi connectivity index (χ3v) is 2.92.